The number of carbonyl (C=O) groups excluding carboxylic acids is 1. The highest BCUT2D eigenvalue weighted by Gasteiger charge is 2.09. The number of nitro groups is 1. The van der Waals surface area contributed by atoms with Crippen molar-refractivity contribution < 1.29 is 9.72 Å². The molecule has 2 N–H and O–H groups in total. The maximum atomic E-state index is 12.0. The molecule has 2 aromatic heterocycles. The molecule has 0 saturated carbocycles. The first-order valence-corrected chi connectivity index (χ1v) is 8.14. The predicted octanol–water partition coefficient (Wildman–Crippen LogP) is 1.72. The molecule has 138 valence electrons. The number of hydrogen-bond donors (Lipinski definition) is 2. The fraction of sp³-hybridized carbons (Fsp3) is 0.176. The first-order valence-electron chi connectivity index (χ1n) is 8.14. The number of nitro benzene ring substituents is 1. The van der Waals surface area contributed by atoms with Gasteiger partial charge in [-0.1, -0.05) is 0 Å². The van der Waals surface area contributed by atoms with E-state index in [0.29, 0.717) is 30.3 Å². The quantitative estimate of drug-likeness (QED) is 0.370. The Morgan fingerprint density at radius 3 is 2.63 bits per heavy atom. The van der Waals surface area contributed by atoms with Gasteiger partial charge in [0.2, 0.25) is 0 Å². The van der Waals surface area contributed by atoms with Gasteiger partial charge in [-0.15, -0.1) is 0 Å². The van der Waals surface area contributed by atoms with Gasteiger partial charge < -0.3 is 10.6 Å². The first kappa shape index (κ1) is 18.0. The van der Waals surface area contributed by atoms with Crippen LogP contribution in [0.5, 0.6) is 0 Å². The summed E-state index contributed by atoms with van der Waals surface area (Å²) in [7, 11) is 0. The Balaban J connectivity index is 1.50. The van der Waals surface area contributed by atoms with Crippen LogP contribution in [0.3, 0.4) is 0 Å². The second-order valence-corrected chi connectivity index (χ2v) is 5.65. The Labute approximate surface area is 154 Å². The largest absolute Gasteiger partial charge is 0.368 e. The van der Waals surface area contributed by atoms with Crippen LogP contribution in [0.1, 0.15) is 16.1 Å². The Kier molecular flexibility index (Phi) is 5.36. The standard InChI is InChI=1S/C17H17N7O3/c1-12-6-9-23(22-12)16-10-15(20-11-21-16)18-7-8-19-17(25)13-2-4-14(5-3-13)24(26)27/h2-6,9-11H,7-8H2,1H3,(H,19,25)(H,18,20,21). The third-order valence-corrected chi connectivity index (χ3v) is 3.67. The number of aromatic nitrogens is 4. The summed E-state index contributed by atoms with van der Waals surface area (Å²) < 4.78 is 1.65. The number of rotatable bonds is 7. The minimum absolute atomic E-state index is 0.0554. The van der Waals surface area contributed by atoms with Crippen LogP contribution in [0.25, 0.3) is 5.82 Å². The summed E-state index contributed by atoms with van der Waals surface area (Å²) >= 11 is 0. The Hall–Kier alpha value is -3.82. The van der Waals surface area contributed by atoms with Gasteiger partial charge in [0.15, 0.2) is 5.82 Å². The predicted molar refractivity (Wildman–Crippen MR) is 97.8 cm³/mol. The number of amides is 1. The minimum atomic E-state index is -0.508. The van der Waals surface area contributed by atoms with Crippen LogP contribution in [0, 0.1) is 17.0 Å². The maximum Gasteiger partial charge on any atom is 0.269 e. The van der Waals surface area contributed by atoms with Crippen LogP contribution in [-0.2, 0) is 0 Å². The average molecular weight is 367 g/mol. The van der Waals surface area contributed by atoms with E-state index in [9.17, 15) is 14.9 Å². The highest BCUT2D eigenvalue weighted by atomic mass is 16.6. The SMILES string of the molecule is Cc1ccn(-c2cc(NCCNC(=O)c3ccc([N+](=O)[O-])cc3)ncn2)n1. The van der Waals surface area contributed by atoms with Crippen LogP contribution in [0.4, 0.5) is 11.5 Å². The summed E-state index contributed by atoms with van der Waals surface area (Å²) in [5.74, 6) is 0.940. The van der Waals surface area contributed by atoms with Gasteiger partial charge in [0.05, 0.1) is 10.6 Å². The van der Waals surface area contributed by atoms with Crippen molar-refractivity contribution in [1.82, 2.24) is 25.1 Å². The van der Waals surface area contributed by atoms with E-state index in [0.717, 1.165) is 5.69 Å². The minimum Gasteiger partial charge on any atom is -0.368 e. The molecule has 0 aliphatic rings. The molecule has 10 heteroatoms. The summed E-state index contributed by atoms with van der Waals surface area (Å²) in [4.78, 5) is 30.5. The van der Waals surface area contributed by atoms with Crippen molar-refractivity contribution >= 4 is 17.4 Å². The third kappa shape index (κ3) is 4.63. The van der Waals surface area contributed by atoms with Crippen LogP contribution < -0.4 is 10.6 Å². The number of benzene rings is 1. The molecule has 0 spiro atoms. The molecule has 2 heterocycles. The lowest BCUT2D eigenvalue weighted by atomic mass is 10.2. The molecule has 0 bridgehead atoms. The van der Waals surface area contributed by atoms with Crippen molar-refractivity contribution in [3.8, 4) is 5.82 Å². The van der Waals surface area contributed by atoms with Crippen molar-refractivity contribution in [1.29, 1.82) is 0 Å². The fourth-order valence-electron chi connectivity index (χ4n) is 2.31. The maximum absolute atomic E-state index is 12.0. The van der Waals surface area contributed by atoms with Crippen LogP contribution >= 0.6 is 0 Å². The molecule has 3 aromatic rings. The highest BCUT2D eigenvalue weighted by Crippen LogP contribution is 2.12. The average Bonchev–Trinajstić information content (AvgIpc) is 3.12. The number of nitrogens with zero attached hydrogens (tertiary/aromatic N) is 5. The van der Waals surface area contributed by atoms with E-state index < -0.39 is 4.92 Å². The number of non-ortho nitro benzene ring substituents is 1. The van der Waals surface area contributed by atoms with Gasteiger partial charge in [0, 0.05) is 43.0 Å². The topological polar surface area (TPSA) is 128 Å². The van der Waals surface area contributed by atoms with Gasteiger partial charge in [0.25, 0.3) is 11.6 Å². The Morgan fingerprint density at radius 2 is 1.96 bits per heavy atom. The van der Waals surface area contributed by atoms with Crippen molar-refractivity contribution in [2.24, 2.45) is 0 Å². The van der Waals surface area contributed by atoms with Crippen LogP contribution in [0.2, 0.25) is 0 Å². The normalized spacial score (nSPS) is 10.4. The summed E-state index contributed by atoms with van der Waals surface area (Å²) in [6.45, 7) is 2.70. The second-order valence-electron chi connectivity index (χ2n) is 5.65. The number of aryl methyl sites for hydroxylation is 1. The lowest BCUT2D eigenvalue weighted by Crippen LogP contribution is -2.28. The van der Waals surface area contributed by atoms with Gasteiger partial charge in [-0.2, -0.15) is 5.10 Å². The summed E-state index contributed by atoms with van der Waals surface area (Å²) in [5, 5.41) is 20.7. The number of nitrogens with one attached hydrogen (secondary N) is 2. The molecular weight excluding hydrogens is 350 g/mol. The summed E-state index contributed by atoms with van der Waals surface area (Å²) in [6, 6.07) is 9.07. The van der Waals surface area contributed by atoms with E-state index in [1.807, 2.05) is 19.2 Å². The molecule has 3 rings (SSSR count). The van der Waals surface area contributed by atoms with E-state index in [1.165, 1.54) is 30.6 Å². The van der Waals surface area contributed by atoms with Crippen LogP contribution in [0.15, 0.2) is 48.9 Å². The van der Waals surface area contributed by atoms with E-state index in [1.54, 1.807) is 10.7 Å². The molecule has 1 amide bonds. The van der Waals surface area contributed by atoms with Crippen molar-refractivity contribution in [2.75, 3.05) is 18.4 Å². The van der Waals surface area contributed by atoms with Gasteiger partial charge in [-0.25, -0.2) is 14.6 Å². The molecule has 27 heavy (non-hydrogen) atoms. The van der Waals surface area contributed by atoms with E-state index in [4.69, 9.17) is 0 Å². The number of hydrogen-bond acceptors (Lipinski definition) is 7. The van der Waals surface area contributed by atoms with Crippen LogP contribution in [-0.4, -0.2) is 43.7 Å². The molecule has 0 saturated heterocycles. The van der Waals surface area contributed by atoms with Gasteiger partial charge >= 0.3 is 0 Å². The molecular formula is C17H17N7O3. The number of anilines is 1. The lowest BCUT2D eigenvalue weighted by molar-refractivity contribution is -0.384. The molecule has 0 atom stereocenters. The molecule has 10 nitrogen and oxygen atoms in total. The summed E-state index contributed by atoms with van der Waals surface area (Å²) in [5.41, 5.74) is 1.19. The first-order chi connectivity index (χ1) is 13.0. The van der Waals surface area contributed by atoms with Crippen molar-refractivity contribution in [3.63, 3.8) is 0 Å². The van der Waals surface area contributed by atoms with Gasteiger partial charge in [0.1, 0.15) is 12.1 Å². The molecule has 0 radical (unpaired) electrons. The number of carbonyl (C=O) groups is 1. The highest BCUT2D eigenvalue weighted by molar-refractivity contribution is 5.94. The zero-order chi connectivity index (χ0) is 19.2. The van der Waals surface area contributed by atoms with Crippen molar-refractivity contribution in [2.45, 2.75) is 6.92 Å². The molecule has 0 unspecified atom stereocenters. The third-order valence-electron chi connectivity index (χ3n) is 3.67. The fourth-order valence-corrected chi connectivity index (χ4v) is 2.31. The zero-order valence-corrected chi connectivity index (χ0v) is 14.5. The van der Waals surface area contributed by atoms with Crippen molar-refractivity contribution in [3.05, 3.63) is 70.3 Å². The van der Waals surface area contributed by atoms with E-state index >= 15 is 0 Å². The second kappa shape index (κ2) is 8.04. The van der Waals surface area contributed by atoms with Gasteiger partial charge in [-0.05, 0) is 25.1 Å². The van der Waals surface area contributed by atoms with Gasteiger partial charge in [-0.3, -0.25) is 14.9 Å². The lowest BCUT2D eigenvalue weighted by Gasteiger charge is -2.08. The summed E-state index contributed by atoms with van der Waals surface area (Å²) in [6.07, 6.45) is 3.25. The molecule has 1 aromatic carbocycles. The molecule has 0 aliphatic carbocycles. The molecule has 0 aliphatic heterocycles. The Bertz CT molecular complexity index is 953. The molecule has 0 fully saturated rings. The smallest absolute Gasteiger partial charge is 0.269 e. The zero-order valence-electron chi connectivity index (χ0n) is 14.5. The van der Waals surface area contributed by atoms with E-state index in [2.05, 4.69) is 25.7 Å². The van der Waals surface area contributed by atoms with E-state index in [-0.39, 0.29) is 11.6 Å². The monoisotopic (exact) mass is 367 g/mol. The Morgan fingerprint density at radius 1 is 1.19 bits per heavy atom.